The lowest BCUT2D eigenvalue weighted by Gasteiger charge is -2.36. The van der Waals surface area contributed by atoms with Gasteiger partial charge >= 0.3 is 5.97 Å². The average molecular weight is 198 g/mol. The van der Waals surface area contributed by atoms with Crippen molar-refractivity contribution >= 4 is 5.97 Å². The maximum Gasteiger partial charge on any atom is 0.335 e. The van der Waals surface area contributed by atoms with E-state index in [1.54, 1.807) is 0 Å². The second-order valence-electron chi connectivity index (χ2n) is 4.70. The molecule has 1 N–H and O–H groups in total. The van der Waals surface area contributed by atoms with E-state index < -0.39 is 11.6 Å². The van der Waals surface area contributed by atoms with Gasteiger partial charge in [-0.05, 0) is 50.4 Å². The number of aliphatic carboxylic acids is 1. The Labute approximate surface area is 84.4 Å². The molecule has 0 aromatic heterocycles. The molecule has 2 aliphatic carbocycles. The molecule has 2 aliphatic rings. The highest BCUT2D eigenvalue weighted by atomic mass is 16.5. The molecule has 80 valence electrons. The Balaban J connectivity index is 2.06. The topological polar surface area (TPSA) is 46.5 Å². The second kappa shape index (κ2) is 3.54. The summed E-state index contributed by atoms with van der Waals surface area (Å²) < 4.78 is 5.25. The molecule has 0 spiro atoms. The van der Waals surface area contributed by atoms with Gasteiger partial charge in [-0.1, -0.05) is 0 Å². The fourth-order valence-electron chi connectivity index (χ4n) is 2.71. The Bertz CT molecular complexity index is 235. The van der Waals surface area contributed by atoms with Crippen LogP contribution in [-0.2, 0) is 9.53 Å². The van der Waals surface area contributed by atoms with Gasteiger partial charge in [-0.25, -0.2) is 4.79 Å². The first kappa shape index (κ1) is 9.97. The van der Waals surface area contributed by atoms with Gasteiger partial charge in [0.25, 0.3) is 0 Å². The number of rotatable bonds is 3. The summed E-state index contributed by atoms with van der Waals surface area (Å²) in [6.07, 6.45) is 6.20. The van der Waals surface area contributed by atoms with Crippen molar-refractivity contribution in [3.05, 3.63) is 0 Å². The molecule has 2 rings (SSSR count). The lowest BCUT2D eigenvalue weighted by molar-refractivity contribution is -0.168. The molecule has 2 saturated carbocycles. The van der Waals surface area contributed by atoms with Crippen LogP contribution in [0.4, 0.5) is 0 Å². The minimum atomic E-state index is -0.870. The van der Waals surface area contributed by atoms with Crippen LogP contribution in [0.15, 0.2) is 0 Å². The molecule has 2 unspecified atom stereocenters. The Hall–Kier alpha value is -0.570. The summed E-state index contributed by atoms with van der Waals surface area (Å²) >= 11 is 0. The van der Waals surface area contributed by atoms with Gasteiger partial charge in [0.15, 0.2) is 5.60 Å². The normalized spacial score (nSPS) is 38.2. The SMILES string of the molecule is COC1(C(=O)O)CCCC(C2CC2)C1. The Kier molecular flexibility index (Phi) is 2.52. The van der Waals surface area contributed by atoms with Gasteiger partial charge in [-0.15, -0.1) is 0 Å². The summed E-state index contributed by atoms with van der Waals surface area (Å²) in [7, 11) is 1.53. The average Bonchev–Trinajstić information content (AvgIpc) is 3.01. The van der Waals surface area contributed by atoms with Crippen molar-refractivity contribution in [2.45, 2.75) is 44.1 Å². The number of hydrogen-bond acceptors (Lipinski definition) is 2. The van der Waals surface area contributed by atoms with E-state index in [1.165, 1.54) is 26.4 Å². The van der Waals surface area contributed by atoms with Crippen molar-refractivity contribution in [3.63, 3.8) is 0 Å². The molecule has 0 radical (unpaired) electrons. The van der Waals surface area contributed by atoms with Crippen LogP contribution in [-0.4, -0.2) is 23.8 Å². The second-order valence-corrected chi connectivity index (χ2v) is 4.70. The van der Waals surface area contributed by atoms with Crippen LogP contribution < -0.4 is 0 Å². The zero-order valence-corrected chi connectivity index (χ0v) is 8.66. The predicted octanol–water partition coefficient (Wildman–Crippen LogP) is 2.06. The van der Waals surface area contributed by atoms with E-state index in [-0.39, 0.29) is 0 Å². The summed E-state index contributed by atoms with van der Waals surface area (Å²) in [4.78, 5) is 11.2. The first-order chi connectivity index (χ1) is 6.68. The zero-order valence-electron chi connectivity index (χ0n) is 8.66. The van der Waals surface area contributed by atoms with Crippen LogP contribution in [0.3, 0.4) is 0 Å². The van der Waals surface area contributed by atoms with Crippen LogP contribution in [0.5, 0.6) is 0 Å². The summed E-state index contributed by atoms with van der Waals surface area (Å²) in [5.74, 6) is 0.620. The molecule has 2 fully saturated rings. The van der Waals surface area contributed by atoms with E-state index >= 15 is 0 Å². The van der Waals surface area contributed by atoms with Gasteiger partial charge in [0.05, 0.1) is 0 Å². The molecule has 0 aromatic carbocycles. The van der Waals surface area contributed by atoms with Crippen molar-refractivity contribution in [1.82, 2.24) is 0 Å². The Morgan fingerprint density at radius 3 is 2.57 bits per heavy atom. The largest absolute Gasteiger partial charge is 0.479 e. The molecule has 2 atom stereocenters. The first-order valence-electron chi connectivity index (χ1n) is 5.46. The molecule has 3 nitrogen and oxygen atoms in total. The molecule has 0 amide bonds. The van der Waals surface area contributed by atoms with Gasteiger partial charge in [0.2, 0.25) is 0 Å². The van der Waals surface area contributed by atoms with E-state index in [2.05, 4.69) is 0 Å². The molecule has 3 heteroatoms. The van der Waals surface area contributed by atoms with E-state index in [0.29, 0.717) is 12.3 Å². The smallest absolute Gasteiger partial charge is 0.335 e. The number of carbonyl (C=O) groups is 1. The third-order valence-corrected chi connectivity index (χ3v) is 3.82. The van der Waals surface area contributed by atoms with Crippen molar-refractivity contribution < 1.29 is 14.6 Å². The van der Waals surface area contributed by atoms with Crippen LogP contribution in [0.1, 0.15) is 38.5 Å². The Morgan fingerprint density at radius 1 is 1.36 bits per heavy atom. The third kappa shape index (κ3) is 1.65. The molecule has 0 aliphatic heterocycles. The molecular weight excluding hydrogens is 180 g/mol. The highest BCUT2D eigenvalue weighted by Gasteiger charge is 2.46. The lowest BCUT2D eigenvalue weighted by Crippen LogP contribution is -2.45. The number of hydrogen-bond donors (Lipinski definition) is 1. The number of carboxylic acid groups (broad SMARTS) is 1. The maximum atomic E-state index is 11.2. The van der Waals surface area contributed by atoms with Crippen LogP contribution in [0, 0.1) is 11.8 Å². The molecule has 0 bridgehead atoms. The Morgan fingerprint density at radius 2 is 2.07 bits per heavy atom. The summed E-state index contributed by atoms with van der Waals surface area (Å²) in [5.41, 5.74) is -0.870. The standard InChI is InChI=1S/C11H18O3/c1-14-11(10(12)13)6-2-3-9(7-11)8-4-5-8/h8-9H,2-7H2,1H3,(H,12,13). The fourth-order valence-corrected chi connectivity index (χ4v) is 2.71. The summed E-state index contributed by atoms with van der Waals surface area (Å²) in [6.45, 7) is 0. The van der Waals surface area contributed by atoms with E-state index in [0.717, 1.165) is 18.8 Å². The predicted molar refractivity (Wildman–Crippen MR) is 52.1 cm³/mol. The van der Waals surface area contributed by atoms with Crippen molar-refractivity contribution in [3.8, 4) is 0 Å². The summed E-state index contributed by atoms with van der Waals surface area (Å²) in [5, 5.41) is 9.18. The molecule has 0 aromatic rings. The van der Waals surface area contributed by atoms with E-state index in [9.17, 15) is 9.90 Å². The van der Waals surface area contributed by atoms with E-state index in [4.69, 9.17) is 4.74 Å². The highest BCUT2D eigenvalue weighted by Crippen LogP contribution is 2.47. The zero-order chi connectivity index (χ0) is 10.2. The van der Waals surface area contributed by atoms with Crippen molar-refractivity contribution in [1.29, 1.82) is 0 Å². The minimum Gasteiger partial charge on any atom is -0.479 e. The molecule has 0 saturated heterocycles. The van der Waals surface area contributed by atoms with Gasteiger partial charge in [-0.2, -0.15) is 0 Å². The minimum absolute atomic E-state index is 0.597. The first-order valence-corrected chi connectivity index (χ1v) is 5.46. The van der Waals surface area contributed by atoms with Crippen LogP contribution in [0.25, 0.3) is 0 Å². The molecular formula is C11H18O3. The van der Waals surface area contributed by atoms with E-state index in [1.807, 2.05) is 0 Å². The molecule has 0 heterocycles. The highest BCUT2D eigenvalue weighted by molar-refractivity contribution is 5.77. The third-order valence-electron chi connectivity index (χ3n) is 3.82. The van der Waals surface area contributed by atoms with Crippen molar-refractivity contribution in [2.24, 2.45) is 11.8 Å². The summed E-state index contributed by atoms with van der Waals surface area (Å²) in [6, 6.07) is 0. The lowest BCUT2D eigenvalue weighted by atomic mass is 9.76. The molecule has 14 heavy (non-hydrogen) atoms. The number of ether oxygens (including phenoxy) is 1. The number of carboxylic acids is 1. The number of methoxy groups -OCH3 is 1. The van der Waals surface area contributed by atoms with Crippen LogP contribution in [0.2, 0.25) is 0 Å². The quantitative estimate of drug-likeness (QED) is 0.755. The fraction of sp³-hybridized carbons (Fsp3) is 0.909. The van der Waals surface area contributed by atoms with Gasteiger partial charge in [0, 0.05) is 7.11 Å². The van der Waals surface area contributed by atoms with Gasteiger partial charge in [0.1, 0.15) is 0 Å². The monoisotopic (exact) mass is 198 g/mol. The van der Waals surface area contributed by atoms with Crippen LogP contribution >= 0.6 is 0 Å². The van der Waals surface area contributed by atoms with Gasteiger partial charge in [-0.3, -0.25) is 0 Å². The van der Waals surface area contributed by atoms with Gasteiger partial charge < -0.3 is 9.84 Å². The van der Waals surface area contributed by atoms with Crippen molar-refractivity contribution in [2.75, 3.05) is 7.11 Å². The maximum absolute atomic E-state index is 11.2.